The first-order valence-corrected chi connectivity index (χ1v) is 8.13. The van der Waals surface area contributed by atoms with Crippen molar-refractivity contribution in [2.75, 3.05) is 0 Å². The van der Waals surface area contributed by atoms with E-state index in [1.807, 2.05) is 36.4 Å². The number of hydrogen-bond donors (Lipinski definition) is 0. The van der Waals surface area contributed by atoms with Crippen molar-refractivity contribution < 1.29 is 9.21 Å². The Labute approximate surface area is 147 Å². The van der Waals surface area contributed by atoms with E-state index in [9.17, 15) is 4.79 Å². The third-order valence-corrected chi connectivity index (χ3v) is 4.01. The molecular weight excluding hydrogens is 376 g/mol. The number of halogens is 2. The maximum absolute atomic E-state index is 12.1. The van der Waals surface area contributed by atoms with Gasteiger partial charge in [-0.05, 0) is 60.7 Å². The van der Waals surface area contributed by atoms with Gasteiger partial charge in [0.25, 0.3) is 0 Å². The Morgan fingerprint density at radius 1 is 1.04 bits per heavy atom. The van der Waals surface area contributed by atoms with E-state index in [2.05, 4.69) is 15.9 Å². The first-order chi connectivity index (χ1) is 11.1. The van der Waals surface area contributed by atoms with Crippen LogP contribution in [0.3, 0.4) is 0 Å². The van der Waals surface area contributed by atoms with Gasteiger partial charge in [-0.2, -0.15) is 0 Å². The van der Waals surface area contributed by atoms with Gasteiger partial charge in [0.1, 0.15) is 11.5 Å². The maximum atomic E-state index is 12.1. The van der Waals surface area contributed by atoms with Crippen LogP contribution < -0.4 is 0 Å². The molecule has 0 radical (unpaired) electrons. The lowest BCUT2D eigenvalue weighted by Gasteiger charge is -1.97. The number of rotatable bonds is 4. The molecular formula is C19H12BrClO2. The van der Waals surface area contributed by atoms with Crippen molar-refractivity contribution in [2.45, 2.75) is 0 Å². The van der Waals surface area contributed by atoms with Gasteiger partial charge >= 0.3 is 0 Å². The smallest absolute Gasteiger partial charge is 0.185 e. The Hall–Kier alpha value is -2.10. The second-order valence-corrected chi connectivity index (χ2v) is 6.27. The van der Waals surface area contributed by atoms with Gasteiger partial charge in [0.2, 0.25) is 0 Å². The molecule has 0 atom stereocenters. The highest BCUT2D eigenvalue weighted by molar-refractivity contribution is 9.10. The second kappa shape index (κ2) is 6.99. The Bertz CT molecular complexity index is 863. The molecule has 23 heavy (non-hydrogen) atoms. The molecule has 0 aliphatic carbocycles. The molecule has 1 heterocycles. The Kier molecular flexibility index (Phi) is 4.79. The summed E-state index contributed by atoms with van der Waals surface area (Å²) in [4.78, 5) is 12.1. The molecule has 0 fully saturated rings. The van der Waals surface area contributed by atoms with Crippen LogP contribution in [0.15, 0.2) is 75.6 Å². The lowest BCUT2D eigenvalue weighted by Crippen LogP contribution is -1.92. The number of carbonyl (C=O) groups is 1. The summed E-state index contributed by atoms with van der Waals surface area (Å²) in [5, 5.41) is 0.607. The number of furan rings is 1. The number of ketones is 1. The lowest BCUT2D eigenvalue weighted by atomic mass is 10.1. The summed E-state index contributed by atoms with van der Waals surface area (Å²) in [5.41, 5.74) is 1.56. The highest BCUT2D eigenvalue weighted by Gasteiger charge is 2.05. The SMILES string of the molecule is O=C(C=Cc1ccc(-c2cccc(Br)c2)o1)c1ccc(Cl)cc1. The van der Waals surface area contributed by atoms with Gasteiger partial charge in [-0.1, -0.05) is 39.7 Å². The zero-order valence-corrected chi connectivity index (χ0v) is 14.3. The van der Waals surface area contributed by atoms with Crippen LogP contribution in [-0.4, -0.2) is 5.78 Å². The number of benzene rings is 2. The molecule has 2 aromatic carbocycles. The largest absolute Gasteiger partial charge is 0.457 e. The molecule has 0 aliphatic heterocycles. The summed E-state index contributed by atoms with van der Waals surface area (Å²) in [5.74, 6) is 1.29. The van der Waals surface area contributed by atoms with Gasteiger partial charge in [0.05, 0.1) is 0 Å². The number of carbonyl (C=O) groups excluding carboxylic acids is 1. The van der Waals surface area contributed by atoms with Gasteiger partial charge in [-0.25, -0.2) is 0 Å². The molecule has 0 aliphatic rings. The summed E-state index contributed by atoms with van der Waals surface area (Å²) < 4.78 is 6.74. The molecule has 0 unspecified atom stereocenters. The zero-order chi connectivity index (χ0) is 16.2. The Balaban J connectivity index is 1.76. The summed E-state index contributed by atoms with van der Waals surface area (Å²) in [6.07, 6.45) is 3.16. The first-order valence-electron chi connectivity index (χ1n) is 6.95. The van der Waals surface area contributed by atoms with Crippen LogP contribution in [0, 0.1) is 0 Å². The van der Waals surface area contributed by atoms with Gasteiger partial charge < -0.3 is 4.42 Å². The molecule has 114 valence electrons. The van der Waals surface area contributed by atoms with E-state index in [0.717, 1.165) is 15.8 Å². The third-order valence-electron chi connectivity index (χ3n) is 3.26. The summed E-state index contributed by atoms with van der Waals surface area (Å²) in [6, 6.07) is 18.4. The van der Waals surface area contributed by atoms with E-state index < -0.39 is 0 Å². The molecule has 0 saturated heterocycles. The topological polar surface area (TPSA) is 30.2 Å². The minimum absolute atomic E-state index is 0.0953. The van der Waals surface area contributed by atoms with E-state index in [4.69, 9.17) is 16.0 Å². The molecule has 0 saturated carbocycles. The monoisotopic (exact) mass is 386 g/mol. The minimum atomic E-state index is -0.0953. The van der Waals surface area contributed by atoms with Gasteiger partial charge in [-0.15, -0.1) is 0 Å². The van der Waals surface area contributed by atoms with Gasteiger partial charge in [0.15, 0.2) is 5.78 Å². The highest BCUT2D eigenvalue weighted by Crippen LogP contribution is 2.25. The van der Waals surface area contributed by atoms with E-state index in [1.165, 1.54) is 6.08 Å². The molecule has 2 nitrogen and oxygen atoms in total. The van der Waals surface area contributed by atoms with Gasteiger partial charge in [0, 0.05) is 20.6 Å². The van der Waals surface area contributed by atoms with E-state index in [1.54, 1.807) is 30.3 Å². The van der Waals surface area contributed by atoms with E-state index >= 15 is 0 Å². The normalized spacial score (nSPS) is 11.0. The van der Waals surface area contributed by atoms with Crippen molar-refractivity contribution in [3.05, 3.63) is 87.6 Å². The summed E-state index contributed by atoms with van der Waals surface area (Å²) in [6.45, 7) is 0. The van der Waals surface area contributed by atoms with Crippen LogP contribution in [0.25, 0.3) is 17.4 Å². The minimum Gasteiger partial charge on any atom is -0.457 e. The molecule has 3 rings (SSSR count). The molecule has 1 aromatic heterocycles. The fraction of sp³-hybridized carbons (Fsp3) is 0. The van der Waals surface area contributed by atoms with Crippen molar-refractivity contribution >= 4 is 39.4 Å². The standard InChI is InChI=1S/C19H12BrClO2/c20-15-3-1-2-14(12-15)19-11-9-17(23-19)8-10-18(22)13-4-6-16(21)7-5-13/h1-12H. The summed E-state index contributed by atoms with van der Waals surface area (Å²) >= 11 is 9.25. The molecule has 0 spiro atoms. The average molecular weight is 388 g/mol. The first kappa shape index (κ1) is 15.8. The van der Waals surface area contributed by atoms with Crippen LogP contribution in [0.4, 0.5) is 0 Å². The fourth-order valence-corrected chi connectivity index (χ4v) is 2.63. The van der Waals surface area contributed by atoms with Crippen molar-refractivity contribution in [3.8, 4) is 11.3 Å². The predicted octanol–water partition coefficient (Wildman–Crippen LogP) is 6.26. The molecule has 0 N–H and O–H groups in total. The van der Waals surface area contributed by atoms with E-state index in [-0.39, 0.29) is 5.78 Å². The Morgan fingerprint density at radius 3 is 2.57 bits per heavy atom. The quantitative estimate of drug-likeness (QED) is 0.391. The van der Waals surface area contributed by atoms with Crippen molar-refractivity contribution in [1.82, 2.24) is 0 Å². The lowest BCUT2D eigenvalue weighted by molar-refractivity contribution is 0.104. The van der Waals surface area contributed by atoms with Crippen LogP contribution in [-0.2, 0) is 0 Å². The fourth-order valence-electron chi connectivity index (χ4n) is 2.11. The molecule has 4 heteroatoms. The van der Waals surface area contributed by atoms with Crippen LogP contribution in [0.5, 0.6) is 0 Å². The maximum Gasteiger partial charge on any atom is 0.185 e. The zero-order valence-electron chi connectivity index (χ0n) is 12.0. The van der Waals surface area contributed by atoms with Crippen LogP contribution in [0.1, 0.15) is 16.1 Å². The molecule has 0 bridgehead atoms. The molecule has 3 aromatic rings. The average Bonchev–Trinajstić information content (AvgIpc) is 3.02. The predicted molar refractivity (Wildman–Crippen MR) is 96.7 cm³/mol. The van der Waals surface area contributed by atoms with Crippen LogP contribution >= 0.6 is 27.5 Å². The molecule has 0 amide bonds. The number of allylic oxidation sites excluding steroid dienone is 1. The van der Waals surface area contributed by atoms with Gasteiger partial charge in [-0.3, -0.25) is 4.79 Å². The van der Waals surface area contributed by atoms with Crippen molar-refractivity contribution in [1.29, 1.82) is 0 Å². The van der Waals surface area contributed by atoms with Crippen LogP contribution in [0.2, 0.25) is 5.02 Å². The number of hydrogen-bond acceptors (Lipinski definition) is 2. The second-order valence-electron chi connectivity index (χ2n) is 4.92. The Morgan fingerprint density at radius 2 is 1.83 bits per heavy atom. The highest BCUT2D eigenvalue weighted by atomic mass is 79.9. The summed E-state index contributed by atoms with van der Waals surface area (Å²) in [7, 11) is 0. The van der Waals surface area contributed by atoms with Crippen molar-refractivity contribution in [3.63, 3.8) is 0 Å². The van der Waals surface area contributed by atoms with Crippen molar-refractivity contribution in [2.24, 2.45) is 0 Å². The van der Waals surface area contributed by atoms with E-state index in [0.29, 0.717) is 16.3 Å². The third kappa shape index (κ3) is 4.01.